The van der Waals surface area contributed by atoms with E-state index in [4.69, 9.17) is 0 Å². The van der Waals surface area contributed by atoms with E-state index < -0.39 is 17.6 Å². The lowest BCUT2D eigenvalue weighted by atomic mass is 10.0. The summed E-state index contributed by atoms with van der Waals surface area (Å²) < 4.78 is 50.6. The molecule has 98 valence electrons. The van der Waals surface area contributed by atoms with E-state index in [1.54, 1.807) is 0 Å². The van der Waals surface area contributed by atoms with E-state index in [1.165, 1.54) is 0 Å². The van der Waals surface area contributed by atoms with Gasteiger partial charge >= 0.3 is 6.18 Å². The van der Waals surface area contributed by atoms with Gasteiger partial charge in [0.25, 0.3) is 0 Å². The van der Waals surface area contributed by atoms with Gasteiger partial charge in [0.1, 0.15) is 5.82 Å². The average Bonchev–Trinajstić information content (AvgIpc) is 2.32. The van der Waals surface area contributed by atoms with Gasteiger partial charge in [0.2, 0.25) is 0 Å². The number of nitrogens with one attached hydrogen (secondary N) is 1. The van der Waals surface area contributed by atoms with Crippen LogP contribution in [0.25, 0.3) is 0 Å². The van der Waals surface area contributed by atoms with Crippen molar-refractivity contribution in [3.63, 3.8) is 0 Å². The number of halogens is 4. The highest BCUT2D eigenvalue weighted by molar-refractivity contribution is 5.47. The fraction of sp³-hybridized carbons (Fsp3) is 0.385. The van der Waals surface area contributed by atoms with E-state index in [2.05, 4.69) is 5.32 Å². The van der Waals surface area contributed by atoms with Gasteiger partial charge in [-0.15, -0.1) is 0 Å². The van der Waals surface area contributed by atoms with Gasteiger partial charge < -0.3 is 5.32 Å². The van der Waals surface area contributed by atoms with Crippen molar-refractivity contribution in [1.29, 1.82) is 0 Å². The summed E-state index contributed by atoms with van der Waals surface area (Å²) in [7, 11) is 0. The Morgan fingerprint density at radius 2 is 1.94 bits per heavy atom. The molecule has 0 saturated carbocycles. The summed E-state index contributed by atoms with van der Waals surface area (Å²) in [5, 5.41) is 2.93. The summed E-state index contributed by atoms with van der Waals surface area (Å²) in [4.78, 5) is 0. The number of hydrogen-bond donors (Lipinski definition) is 1. The fourth-order valence-electron chi connectivity index (χ4n) is 1.95. The second-order valence-electron chi connectivity index (χ2n) is 4.32. The molecule has 0 bridgehead atoms. The van der Waals surface area contributed by atoms with Gasteiger partial charge in [0, 0.05) is 6.04 Å². The molecule has 0 heterocycles. The molecule has 1 N–H and O–H groups in total. The van der Waals surface area contributed by atoms with Crippen molar-refractivity contribution in [2.75, 3.05) is 5.32 Å². The molecule has 1 unspecified atom stereocenters. The minimum Gasteiger partial charge on any atom is -0.380 e. The summed E-state index contributed by atoms with van der Waals surface area (Å²) >= 11 is 0. The monoisotopic (exact) mass is 259 g/mol. The second-order valence-corrected chi connectivity index (χ2v) is 4.32. The van der Waals surface area contributed by atoms with Crippen LogP contribution in [0, 0.1) is 5.82 Å². The predicted octanol–water partition coefficient (Wildman–Crippen LogP) is 4.37. The van der Waals surface area contributed by atoms with E-state index in [0.29, 0.717) is 6.07 Å². The molecule has 1 aromatic rings. The molecule has 0 aliphatic heterocycles. The van der Waals surface area contributed by atoms with Gasteiger partial charge in [-0.1, -0.05) is 12.2 Å². The van der Waals surface area contributed by atoms with Crippen LogP contribution in [-0.2, 0) is 6.18 Å². The summed E-state index contributed by atoms with van der Waals surface area (Å²) in [6.07, 6.45) is 2.05. The highest BCUT2D eigenvalue weighted by Crippen LogP contribution is 2.31. The molecule has 0 spiro atoms. The number of allylic oxidation sites excluding steroid dienone is 1. The van der Waals surface area contributed by atoms with Crippen LogP contribution in [0.15, 0.2) is 30.4 Å². The zero-order valence-electron chi connectivity index (χ0n) is 9.60. The predicted molar refractivity (Wildman–Crippen MR) is 61.8 cm³/mol. The van der Waals surface area contributed by atoms with E-state index >= 15 is 0 Å². The van der Waals surface area contributed by atoms with Crippen LogP contribution >= 0.6 is 0 Å². The molecule has 1 atom stereocenters. The van der Waals surface area contributed by atoms with Crippen LogP contribution in [0.2, 0.25) is 0 Å². The zero-order valence-corrected chi connectivity index (χ0v) is 9.60. The molecule has 5 heteroatoms. The number of alkyl halides is 3. The van der Waals surface area contributed by atoms with Gasteiger partial charge in [-0.25, -0.2) is 4.39 Å². The third-order valence-corrected chi connectivity index (χ3v) is 2.93. The molecule has 2 rings (SSSR count). The first-order valence-electron chi connectivity index (χ1n) is 5.75. The molecule has 1 aliphatic rings. The lowest BCUT2D eigenvalue weighted by molar-refractivity contribution is -0.137. The Morgan fingerprint density at radius 3 is 2.50 bits per heavy atom. The number of benzene rings is 1. The topological polar surface area (TPSA) is 12.0 Å². The van der Waals surface area contributed by atoms with E-state index in [9.17, 15) is 17.6 Å². The lowest BCUT2D eigenvalue weighted by Gasteiger charge is -2.21. The normalized spacial score (nSPS) is 19.9. The maximum Gasteiger partial charge on any atom is 0.416 e. The molecule has 18 heavy (non-hydrogen) atoms. The number of rotatable bonds is 2. The first kappa shape index (κ1) is 12.9. The molecule has 0 amide bonds. The minimum absolute atomic E-state index is 0.0845. The first-order chi connectivity index (χ1) is 8.47. The Kier molecular flexibility index (Phi) is 3.59. The van der Waals surface area contributed by atoms with E-state index in [-0.39, 0.29) is 11.7 Å². The third kappa shape index (κ3) is 3.03. The standard InChI is InChI=1S/C13H13F4N/c14-11-8-9(13(15,16)17)6-7-12(11)18-10-4-2-1-3-5-10/h1-2,6-8,10,18H,3-5H2. The van der Waals surface area contributed by atoms with Crippen molar-refractivity contribution < 1.29 is 17.6 Å². The molecule has 1 aromatic carbocycles. The zero-order chi connectivity index (χ0) is 13.2. The lowest BCUT2D eigenvalue weighted by Crippen LogP contribution is -2.21. The Labute approximate surface area is 103 Å². The van der Waals surface area contributed by atoms with Gasteiger partial charge in [0.15, 0.2) is 0 Å². The number of hydrogen-bond acceptors (Lipinski definition) is 1. The van der Waals surface area contributed by atoms with Gasteiger partial charge in [-0.2, -0.15) is 13.2 Å². The van der Waals surface area contributed by atoms with Gasteiger partial charge in [-0.05, 0) is 37.5 Å². The maximum absolute atomic E-state index is 13.6. The first-order valence-corrected chi connectivity index (χ1v) is 5.75. The molecule has 1 aliphatic carbocycles. The Bertz CT molecular complexity index is 451. The van der Waals surface area contributed by atoms with Crippen LogP contribution in [0.3, 0.4) is 0 Å². The maximum atomic E-state index is 13.6. The van der Waals surface area contributed by atoms with Crippen LogP contribution in [0.1, 0.15) is 24.8 Å². The average molecular weight is 259 g/mol. The molecule has 0 fully saturated rings. The molecular formula is C13H13F4N. The minimum atomic E-state index is -4.51. The molecular weight excluding hydrogens is 246 g/mol. The van der Waals surface area contributed by atoms with Crippen LogP contribution in [0.4, 0.5) is 23.2 Å². The summed E-state index contributed by atoms with van der Waals surface area (Å²) in [6, 6.07) is 2.66. The fourth-order valence-corrected chi connectivity index (χ4v) is 1.95. The van der Waals surface area contributed by atoms with E-state index in [1.807, 2.05) is 12.2 Å². The van der Waals surface area contributed by atoms with Crippen LogP contribution in [0.5, 0.6) is 0 Å². The quantitative estimate of drug-likeness (QED) is 0.614. The van der Waals surface area contributed by atoms with Crippen molar-refractivity contribution in [3.8, 4) is 0 Å². The summed E-state index contributed by atoms with van der Waals surface area (Å²) in [5.41, 5.74) is -0.836. The SMILES string of the molecule is Fc1cc(C(F)(F)F)ccc1NC1CC=CCC1. The number of anilines is 1. The van der Waals surface area contributed by atoms with Gasteiger partial charge in [-0.3, -0.25) is 0 Å². The summed E-state index contributed by atoms with van der Waals surface area (Å²) in [6.45, 7) is 0. The van der Waals surface area contributed by atoms with Crippen molar-refractivity contribution in [1.82, 2.24) is 0 Å². The highest BCUT2D eigenvalue weighted by atomic mass is 19.4. The van der Waals surface area contributed by atoms with E-state index in [0.717, 1.165) is 31.4 Å². The molecule has 0 radical (unpaired) electrons. The molecule has 1 nitrogen and oxygen atoms in total. The van der Waals surface area contributed by atoms with Crippen molar-refractivity contribution >= 4 is 5.69 Å². The largest absolute Gasteiger partial charge is 0.416 e. The second kappa shape index (κ2) is 5.00. The Morgan fingerprint density at radius 1 is 1.17 bits per heavy atom. The van der Waals surface area contributed by atoms with Gasteiger partial charge in [0.05, 0.1) is 11.3 Å². The van der Waals surface area contributed by atoms with Crippen molar-refractivity contribution in [2.24, 2.45) is 0 Å². The van der Waals surface area contributed by atoms with Crippen LogP contribution < -0.4 is 5.32 Å². The third-order valence-electron chi connectivity index (χ3n) is 2.93. The molecule has 0 aromatic heterocycles. The smallest absolute Gasteiger partial charge is 0.380 e. The Balaban J connectivity index is 2.12. The summed E-state index contributed by atoms with van der Waals surface area (Å²) in [5.74, 6) is -0.862. The van der Waals surface area contributed by atoms with Crippen molar-refractivity contribution in [3.05, 3.63) is 41.7 Å². The van der Waals surface area contributed by atoms with Crippen LogP contribution in [-0.4, -0.2) is 6.04 Å². The Hall–Kier alpha value is -1.52. The molecule has 0 saturated heterocycles. The highest BCUT2D eigenvalue weighted by Gasteiger charge is 2.31. The van der Waals surface area contributed by atoms with Crippen molar-refractivity contribution in [2.45, 2.75) is 31.5 Å².